The van der Waals surface area contributed by atoms with E-state index in [1.165, 1.54) is 0 Å². The first-order valence-corrected chi connectivity index (χ1v) is 9.35. The van der Waals surface area contributed by atoms with Crippen molar-refractivity contribution in [2.24, 2.45) is 23.2 Å². The van der Waals surface area contributed by atoms with Crippen molar-refractivity contribution in [2.45, 2.75) is 59.9 Å². The summed E-state index contributed by atoms with van der Waals surface area (Å²) in [5.41, 5.74) is -0.421. The van der Waals surface area contributed by atoms with Gasteiger partial charge in [0.05, 0.1) is 11.7 Å². The minimum Gasteiger partial charge on any atom is -0.481 e. The maximum absolute atomic E-state index is 12.1. The maximum atomic E-state index is 12.1. The molecule has 0 aromatic heterocycles. The van der Waals surface area contributed by atoms with E-state index in [0.29, 0.717) is 25.2 Å². The number of aliphatic carboxylic acids is 1. The molecule has 1 rings (SSSR count). The molecule has 1 aliphatic carbocycles. The van der Waals surface area contributed by atoms with E-state index in [4.69, 9.17) is 0 Å². The highest BCUT2D eigenvalue weighted by Gasteiger charge is 2.46. The first-order valence-electron chi connectivity index (χ1n) is 7.70. The van der Waals surface area contributed by atoms with E-state index in [-0.39, 0.29) is 17.7 Å². The van der Waals surface area contributed by atoms with Gasteiger partial charge in [-0.2, -0.15) is 0 Å². The number of hydrogen-bond acceptors (Lipinski definition) is 3. The highest BCUT2D eigenvalue weighted by atomic mass is 32.2. The third-order valence-electron chi connectivity index (χ3n) is 5.03. The second-order valence-corrected chi connectivity index (χ2v) is 9.18. The number of carboxylic acids is 1. The standard InChI is InChI=1S/C15H29NO4S/c1-10(2)8-9-21(19,20)16-13-7-6-12(14(17)18)15(4,5)11(13)3/h10-13,16H,6-9H2,1-5H3,(H,17,18). The van der Waals surface area contributed by atoms with E-state index in [0.717, 1.165) is 0 Å². The van der Waals surface area contributed by atoms with Crippen LogP contribution in [0.4, 0.5) is 0 Å². The Kier molecular flexibility index (Phi) is 5.83. The fourth-order valence-electron chi connectivity index (χ4n) is 3.09. The molecule has 0 saturated heterocycles. The minimum absolute atomic E-state index is 0.0128. The number of nitrogens with one attached hydrogen (secondary N) is 1. The summed E-state index contributed by atoms with van der Waals surface area (Å²) in [6.45, 7) is 9.79. The summed E-state index contributed by atoms with van der Waals surface area (Å²) in [6.07, 6.45) is 1.74. The largest absolute Gasteiger partial charge is 0.481 e. The highest BCUT2D eigenvalue weighted by Crippen LogP contribution is 2.45. The zero-order valence-electron chi connectivity index (χ0n) is 13.7. The van der Waals surface area contributed by atoms with Crippen LogP contribution >= 0.6 is 0 Å². The summed E-state index contributed by atoms with van der Waals surface area (Å²) < 4.78 is 27.1. The van der Waals surface area contributed by atoms with Crippen molar-refractivity contribution in [1.29, 1.82) is 0 Å². The molecule has 2 N–H and O–H groups in total. The molecule has 1 fully saturated rings. The third kappa shape index (κ3) is 4.68. The molecule has 0 spiro atoms. The Bertz CT molecular complexity index is 470. The Morgan fingerprint density at radius 3 is 2.38 bits per heavy atom. The summed E-state index contributed by atoms with van der Waals surface area (Å²) in [5, 5.41) is 9.32. The lowest BCUT2D eigenvalue weighted by Crippen LogP contribution is -2.52. The van der Waals surface area contributed by atoms with Crippen LogP contribution in [0.25, 0.3) is 0 Å². The van der Waals surface area contributed by atoms with Gasteiger partial charge >= 0.3 is 5.97 Å². The average Bonchev–Trinajstić information content (AvgIpc) is 2.32. The van der Waals surface area contributed by atoms with Crippen molar-refractivity contribution >= 4 is 16.0 Å². The molecule has 0 aliphatic heterocycles. The van der Waals surface area contributed by atoms with Crippen LogP contribution in [0.2, 0.25) is 0 Å². The topological polar surface area (TPSA) is 83.5 Å². The number of carbonyl (C=O) groups is 1. The fraction of sp³-hybridized carbons (Fsp3) is 0.933. The number of rotatable bonds is 6. The van der Waals surface area contributed by atoms with E-state index in [1.807, 2.05) is 34.6 Å². The van der Waals surface area contributed by atoms with Gasteiger partial charge in [-0.05, 0) is 36.5 Å². The van der Waals surface area contributed by atoms with Gasteiger partial charge in [-0.3, -0.25) is 4.79 Å². The predicted octanol–water partition coefficient (Wildman–Crippen LogP) is 2.48. The van der Waals surface area contributed by atoms with Crippen molar-refractivity contribution in [3.05, 3.63) is 0 Å². The quantitative estimate of drug-likeness (QED) is 0.788. The van der Waals surface area contributed by atoms with Gasteiger partial charge in [0.2, 0.25) is 10.0 Å². The van der Waals surface area contributed by atoms with E-state index in [2.05, 4.69) is 4.72 Å². The average molecular weight is 319 g/mol. The molecule has 3 atom stereocenters. The summed E-state index contributed by atoms with van der Waals surface area (Å²) in [6, 6.07) is -0.173. The maximum Gasteiger partial charge on any atom is 0.307 e. The van der Waals surface area contributed by atoms with E-state index >= 15 is 0 Å². The van der Waals surface area contributed by atoms with Crippen molar-refractivity contribution in [3.8, 4) is 0 Å². The van der Waals surface area contributed by atoms with Gasteiger partial charge in [-0.1, -0.05) is 34.6 Å². The zero-order valence-corrected chi connectivity index (χ0v) is 14.5. The van der Waals surface area contributed by atoms with E-state index in [9.17, 15) is 18.3 Å². The first kappa shape index (κ1) is 18.4. The van der Waals surface area contributed by atoms with Gasteiger partial charge in [0, 0.05) is 6.04 Å². The van der Waals surface area contributed by atoms with E-state index in [1.54, 1.807) is 0 Å². The molecule has 0 heterocycles. The lowest BCUT2D eigenvalue weighted by atomic mass is 9.61. The molecule has 5 nitrogen and oxygen atoms in total. The zero-order chi connectivity index (χ0) is 16.4. The summed E-state index contributed by atoms with van der Waals surface area (Å²) in [5.74, 6) is -0.729. The molecule has 124 valence electrons. The molecule has 1 aliphatic rings. The molecule has 3 unspecified atom stereocenters. The second-order valence-electron chi connectivity index (χ2n) is 7.30. The summed E-state index contributed by atoms with van der Waals surface area (Å²) in [7, 11) is -3.29. The predicted molar refractivity (Wildman–Crippen MR) is 83.5 cm³/mol. The SMILES string of the molecule is CC(C)CCS(=O)(=O)NC1CCC(C(=O)O)C(C)(C)C1C. The van der Waals surface area contributed by atoms with Crippen LogP contribution in [-0.2, 0) is 14.8 Å². The van der Waals surface area contributed by atoms with Crippen LogP contribution in [0.3, 0.4) is 0 Å². The van der Waals surface area contributed by atoms with Gasteiger partial charge in [-0.25, -0.2) is 13.1 Å². The molecule has 0 aromatic carbocycles. The number of sulfonamides is 1. The normalized spacial score (nSPS) is 29.5. The van der Waals surface area contributed by atoms with Crippen LogP contribution < -0.4 is 4.72 Å². The number of carboxylic acid groups (broad SMARTS) is 1. The Morgan fingerprint density at radius 2 is 1.90 bits per heavy atom. The second kappa shape index (κ2) is 6.65. The third-order valence-corrected chi connectivity index (χ3v) is 6.47. The summed E-state index contributed by atoms with van der Waals surface area (Å²) in [4.78, 5) is 11.3. The molecule has 21 heavy (non-hydrogen) atoms. The van der Waals surface area contributed by atoms with Crippen molar-refractivity contribution in [1.82, 2.24) is 4.72 Å². The molecular formula is C15H29NO4S. The molecule has 1 saturated carbocycles. The van der Waals surface area contributed by atoms with Gasteiger partial charge in [0.25, 0.3) is 0 Å². The van der Waals surface area contributed by atoms with Gasteiger partial charge < -0.3 is 5.11 Å². The van der Waals surface area contributed by atoms with Crippen LogP contribution in [0.15, 0.2) is 0 Å². The van der Waals surface area contributed by atoms with Crippen LogP contribution in [0.1, 0.15) is 53.9 Å². The monoisotopic (exact) mass is 319 g/mol. The number of hydrogen-bond donors (Lipinski definition) is 2. The van der Waals surface area contributed by atoms with Crippen LogP contribution in [0, 0.1) is 23.2 Å². The minimum atomic E-state index is -3.29. The van der Waals surface area contributed by atoms with Crippen LogP contribution in [-0.4, -0.2) is 31.3 Å². The van der Waals surface area contributed by atoms with Gasteiger partial charge in [0.15, 0.2) is 0 Å². The Labute approximate surface area is 128 Å². The van der Waals surface area contributed by atoms with E-state index < -0.39 is 27.3 Å². The molecule has 0 aromatic rings. The lowest BCUT2D eigenvalue weighted by Gasteiger charge is -2.46. The van der Waals surface area contributed by atoms with Gasteiger partial charge in [0.1, 0.15) is 0 Å². The fourth-order valence-corrected chi connectivity index (χ4v) is 4.77. The van der Waals surface area contributed by atoms with Crippen LogP contribution in [0.5, 0.6) is 0 Å². The summed E-state index contributed by atoms with van der Waals surface area (Å²) >= 11 is 0. The first-order chi connectivity index (χ1) is 9.47. The molecule has 0 radical (unpaired) electrons. The van der Waals surface area contributed by atoms with Crippen molar-refractivity contribution in [3.63, 3.8) is 0 Å². The Morgan fingerprint density at radius 1 is 1.33 bits per heavy atom. The molecular weight excluding hydrogens is 290 g/mol. The molecule has 0 amide bonds. The molecule has 6 heteroatoms. The smallest absolute Gasteiger partial charge is 0.307 e. The van der Waals surface area contributed by atoms with Crippen molar-refractivity contribution < 1.29 is 18.3 Å². The van der Waals surface area contributed by atoms with Gasteiger partial charge in [-0.15, -0.1) is 0 Å². The Hall–Kier alpha value is -0.620. The molecule has 0 bridgehead atoms. The Balaban J connectivity index is 2.76. The highest BCUT2D eigenvalue weighted by molar-refractivity contribution is 7.89. The van der Waals surface area contributed by atoms with Crippen molar-refractivity contribution in [2.75, 3.05) is 5.75 Å². The lowest BCUT2D eigenvalue weighted by molar-refractivity contribution is -0.150.